The number of aromatic nitrogens is 1. The number of benzene rings is 1. The maximum atomic E-state index is 13.0. The van der Waals surface area contributed by atoms with Gasteiger partial charge in [0.05, 0.1) is 11.3 Å². The predicted octanol–water partition coefficient (Wildman–Crippen LogP) is 3.09. The van der Waals surface area contributed by atoms with E-state index >= 15 is 0 Å². The molecule has 0 spiro atoms. The number of halogens is 2. The first-order valence-corrected chi connectivity index (χ1v) is 7.48. The van der Waals surface area contributed by atoms with Gasteiger partial charge in [-0.15, -0.1) is 0 Å². The molecule has 0 aliphatic carbocycles. The molecule has 2 rings (SSSR count). The lowest BCUT2D eigenvalue weighted by Crippen LogP contribution is -2.32. The first kappa shape index (κ1) is 16.7. The zero-order valence-electron chi connectivity index (χ0n) is 11.9. The molecule has 1 aromatic carbocycles. The van der Waals surface area contributed by atoms with Crippen LogP contribution in [-0.4, -0.2) is 24.1 Å². The second kappa shape index (κ2) is 8.10. The molecular formula is C15H13BrFN5O. The van der Waals surface area contributed by atoms with Crippen molar-refractivity contribution in [2.45, 2.75) is 0 Å². The molecule has 2 amide bonds. The molecular weight excluding hydrogens is 365 g/mol. The Labute approximate surface area is 140 Å². The molecule has 3 N–H and O–H groups in total. The van der Waals surface area contributed by atoms with Gasteiger partial charge in [-0.25, -0.2) is 14.2 Å². The largest absolute Gasteiger partial charge is 0.367 e. The van der Waals surface area contributed by atoms with Crippen LogP contribution in [0.25, 0.3) is 0 Å². The highest BCUT2D eigenvalue weighted by molar-refractivity contribution is 9.10. The van der Waals surface area contributed by atoms with Crippen LogP contribution in [0.2, 0.25) is 0 Å². The summed E-state index contributed by atoms with van der Waals surface area (Å²) in [6.07, 6.45) is 1.58. The van der Waals surface area contributed by atoms with Gasteiger partial charge in [0.25, 0.3) is 0 Å². The quantitative estimate of drug-likeness (QED) is 0.698. The second-order valence-corrected chi connectivity index (χ2v) is 5.30. The normalized spacial score (nSPS) is 9.78. The summed E-state index contributed by atoms with van der Waals surface area (Å²) in [7, 11) is 0. The van der Waals surface area contributed by atoms with E-state index in [1.54, 1.807) is 18.3 Å². The van der Waals surface area contributed by atoms with Gasteiger partial charge in [0, 0.05) is 23.8 Å². The molecule has 1 heterocycles. The van der Waals surface area contributed by atoms with Gasteiger partial charge in [0.15, 0.2) is 0 Å². The SMILES string of the molecule is N#Cc1cccnc1NCCNC(=O)Nc1ccc(F)cc1Br. The molecule has 0 atom stereocenters. The first-order chi connectivity index (χ1) is 11.1. The summed E-state index contributed by atoms with van der Waals surface area (Å²) >= 11 is 3.17. The van der Waals surface area contributed by atoms with Gasteiger partial charge in [0.1, 0.15) is 17.7 Å². The first-order valence-electron chi connectivity index (χ1n) is 6.69. The fourth-order valence-electron chi connectivity index (χ4n) is 1.75. The van der Waals surface area contributed by atoms with Gasteiger partial charge in [-0.05, 0) is 46.3 Å². The lowest BCUT2D eigenvalue weighted by Gasteiger charge is -2.10. The standard InChI is InChI=1S/C15H13BrFN5O/c16-12-8-11(17)3-4-13(12)22-15(23)21-7-6-20-14-10(9-18)2-1-5-19-14/h1-5,8H,6-7H2,(H,19,20)(H2,21,22,23). The smallest absolute Gasteiger partial charge is 0.319 e. The molecule has 0 aliphatic heterocycles. The Hall–Kier alpha value is -2.66. The summed E-state index contributed by atoms with van der Waals surface area (Å²) in [4.78, 5) is 15.8. The van der Waals surface area contributed by atoms with E-state index in [4.69, 9.17) is 5.26 Å². The van der Waals surface area contributed by atoms with Crippen LogP contribution in [-0.2, 0) is 0 Å². The minimum absolute atomic E-state index is 0.325. The zero-order valence-corrected chi connectivity index (χ0v) is 13.5. The van der Waals surface area contributed by atoms with Crippen molar-refractivity contribution in [3.63, 3.8) is 0 Å². The molecule has 0 aliphatic rings. The van der Waals surface area contributed by atoms with Gasteiger partial charge in [-0.3, -0.25) is 0 Å². The molecule has 23 heavy (non-hydrogen) atoms. The molecule has 0 unspecified atom stereocenters. The van der Waals surface area contributed by atoms with Crippen molar-refractivity contribution in [3.05, 3.63) is 52.4 Å². The van der Waals surface area contributed by atoms with Crippen LogP contribution in [0, 0.1) is 17.1 Å². The summed E-state index contributed by atoms with van der Waals surface area (Å²) in [5, 5.41) is 17.1. The van der Waals surface area contributed by atoms with Gasteiger partial charge in [0.2, 0.25) is 0 Å². The summed E-state index contributed by atoms with van der Waals surface area (Å²) < 4.78 is 13.4. The van der Waals surface area contributed by atoms with Crippen molar-refractivity contribution >= 4 is 33.5 Å². The number of urea groups is 1. The number of nitriles is 1. The number of rotatable bonds is 5. The van der Waals surface area contributed by atoms with Crippen LogP contribution >= 0.6 is 15.9 Å². The number of hydrogen-bond donors (Lipinski definition) is 3. The average Bonchev–Trinajstić information content (AvgIpc) is 2.54. The Balaban J connectivity index is 1.78. The third-order valence-corrected chi connectivity index (χ3v) is 3.47. The van der Waals surface area contributed by atoms with Crippen molar-refractivity contribution in [2.24, 2.45) is 0 Å². The van der Waals surface area contributed by atoms with Crippen LogP contribution < -0.4 is 16.0 Å². The van der Waals surface area contributed by atoms with E-state index in [1.807, 2.05) is 6.07 Å². The van der Waals surface area contributed by atoms with Gasteiger partial charge >= 0.3 is 6.03 Å². The highest BCUT2D eigenvalue weighted by Crippen LogP contribution is 2.22. The predicted molar refractivity (Wildman–Crippen MR) is 88.6 cm³/mol. The van der Waals surface area contributed by atoms with Crippen LogP contribution in [0.3, 0.4) is 0 Å². The minimum Gasteiger partial charge on any atom is -0.367 e. The van der Waals surface area contributed by atoms with Crippen LogP contribution in [0.1, 0.15) is 5.56 Å². The van der Waals surface area contributed by atoms with Crippen molar-refractivity contribution in [1.29, 1.82) is 5.26 Å². The molecule has 118 valence electrons. The Morgan fingerprint density at radius 3 is 2.91 bits per heavy atom. The molecule has 0 fully saturated rings. The fraction of sp³-hybridized carbons (Fsp3) is 0.133. The van der Waals surface area contributed by atoms with E-state index in [0.29, 0.717) is 34.6 Å². The number of hydrogen-bond acceptors (Lipinski definition) is 4. The van der Waals surface area contributed by atoms with Crippen LogP contribution in [0.15, 0.2) is 41.0 Å². The van der Waals surface area contributed by atoms with Gasteiger partial charge in [-0.1, -0.05) is 0 Å². The maximum Gasteiger partial charge on any atom is 0.319 e. The van der Waals surface area contributed by atoms with Crippen LogP contribution in [0.4, 0.5) is 20.7 Å². The number of nitrogens with one attached hydrogen (secondary N) is 3. The molecule has 0 bridgehead atoms. The second-order valence-electron chi connectivity index (χ2n) is 4.44. The number of nitrogens with zero attached hydrogens (tertiary/aromatic N) is 2. The van der Waals surface area contributed by atoms with Crippen LogP contribution in [0.5, 0.6) is 0 Å². The number of carbonyl (C=O) groups is 1. The van der Waals surface area contributed by atoms with E-state index < -0.39 is 11.8 Å². The van der Waals surface area contributed by atoms with Crippen molar-refractivity contribution in [2.75, 3.05) is 23.7 Å². The van der Waals surface area contributed by atoms with E-state index in [2.05, 4.69) is 36.9 Å². The Morgan fingerprint density at radius 1 is 1.35 bits per heavy atom. The number of pyridine rings is 1. The molecule has 6 nitrogen and oxygen atoms in total. The molecule has 0 saturated carbocycles. The summed E-state index contributed by atoms with van der Waals surface area (Å²) in [6, 6.07) is 8.93. The number of amides is 2. The zero-order chi connectivity index (χ0) is 16.7. The molecule has 0 saturated heterocycles. The summed E-state index contributed by atoms with van der Waals surface area (Å²) in [5.41, 5.74) is 0.903. The topological polar surface area (TPSA) is 89.8 Å². The number of carbonyl (C=O) groups excluding carboxylic acids is 1. The monoisotopic (exact) mass is 377 g/mol. The van der Waals surface area contributed by atoms with Gasteiger partial charge < -0.3 is 16.0 Å². The molecule has 8 heteroatoms. The number of anilines is 2. The third-order valence-electron chi connectivity index (χ3n) is 2.81. The Bertz CT molecular complexity index is 747. The fourth-order valence-corrected chi connectivity index (χ4v) is 2.20. The van der Waals surface area contributed by atoms with E-state index in [-0.39, 0.29) is 0 Å². The van der Waals surface area contributed by atoms with E-state index in [1.165, 1.54) is 18.2 Å². The average molecular weight is 378 g/mol. The van der Waals surface area contributed by atoms with Gasteiger partial charge in [-0.2, -0.15) is 5.26 Å². The van der Waals surface area contributed by atoms with E-state index in [9.17, 15) is 9.18 Å². The highest BCUT2D eigenvalue weighted by Gasteiger charge is 2.06. The highest BCUT2D eigenvalue weighted by atomic mass is 79.9. The summed E-state index contributed by atoms with van der Waals surface area (Å²) in [6.45, 7) is 0.732. The lowest BCUT2D eigenvalue weighted by atomic mass is 10.3. The maximum absolute atomic E-state index is 13.0. The van der Waals surface area contributed by atoms with Crippen molar-refractivity contribution < 1.29 is 9.18 Å². The Kier molecular flexibility index (Phi) is 5.88. The molecule has 2 aromatic rings. The van der Waals surface area contributed by atoms with Crippen molar-refractivity contribution in [1.82, 2.24) is 10.3 Å². The lowest BCUT2D eigenvalue weighted by molar-refractivity contribution is 0.252. The molecule has 1 aromatic heterocycles. The minimum atomic E-state index is -0.416. The summed E-state index contributed by atoms with van der Waals surface area (Å²) in [5.74, 6) is 0.0779. The molecule has 0 radical (unpaired) electrons. The Morgan fingerprint density at radius 2 is 2.17 bits per heavy atom. The third kappa shape index (κ3) is 4.93. The van der Waals surface area contributed by atoms with Crippen molar-refractivity contribution in [3.8, 4) is 6.07 Å². The van der Waals surface area contributed by atoms with E-state index in [0.717, 1.165) is 0 Å².